The molecule has 2 N–H and O–H groups in total. The van der Waals surface area contributed by atoms with Crippen LogP contribution in [0, 0.1) is 0 Å². The fourth-order valence-corrected chi connectivity index (χ4v) is 2.28. The number of rotatable bonds is 5. The van der Waals surface area contributed by atoms with Crippen LogP contribution in [0.2, 0.25) is 0 Å². The molecule has 0 saturated carbocycles. The molecule has 0 spiro atoms. The van der Waals surface area contributed by atoms with Crippen molar-refractivity contribution in [2.75, 3.05) is 0 Å². The summed E-state index contributed by atoms with van der Waals surface area (Å²) in [5.74, 6) is -0.526. The van der Waals surface area contributed by atoms with Crippen molar-refractivity contribution in [1.29, 1.82) is 0 Å². The zero-order valence-corrected chi connectivity index (χ0v) is 13.8. The van der Waals surface area contributed by atoms with E-state index in [0.717, 1.165) is 0 Å². The van der Waals surface area contributed by atoms with Crippen molar-refractivity contribution in [2.24, 2.45) is 5.73 Å². The molecule has 0 bridgehead atoms. The number of hydrogen-bond acceptors (Lipinski definition) is 4. The molecule has 0 saturated heterocycles. The number of carbonyl (C=O) groups excluding carboxylic acids is 1. The van der Waals surface area contributed by atoms with Gasteiger partial charge in [0.25, 0.3) is 0 Å². The van der Waals surface area contributed by atoms with Crippen LogP contribution < -0.4 is 10.5 Å². The zero-order valence-electron chi connectivity index (χ0n) is 13.8. The third-order valence-electron chi connectivity index (χ3n) is 3.62. The molecule has 1 aromatic heterocycles. The maximum Gasteiger partial charge on any atom is 0.573 e. The van der Waals surface area contributed by atoms with Crippen LogP contribution >= 0.6 is 0 Å². The Kier molecular flexibility index (Phi) is 4.68. The van der Waals surface area contributed by atoms with E-state index in [0.29, 0.717) is 22.6 Å². The number of carbonyl (C=O) groups is 1. The van der Waals surface area contributed by atoms with Crippen LogP contribution in [0.1, 0.15) is 5.56 Å². The van der Waals surface area contributed by atoms with E-state index >= 15 is 0 Å². The molecule has 1 amide bonds. The van der Waals surface area contributed by atoms with Crippen LogP contribution in [0.15, 0.2) is 61.4 Å². The number of benzene rings is 2. The minimum Gasteiger partial charge on any atom is -0.406 e. The molecule has 0 aliphatic heterocycles. The average Bonchev–Trinajstić information content (AvgIpc) is 3.10. The van der Waals surface area contributed by atoms with Gasteiger partial charge in [-0.2, -0.15) is 0 Å². The van der Waals surface area contributed by atoms with Gasteiger partial charge in [-0.15, -0.1) is 18.3 Å². The van der Waals surface area contributed by atoms with Gasteiger partial charge in [0.05, 0.1) is 5.69 Å². The van der Waals surface area contributed by atoms with Gasteiger partial charge < -0.3 is 10.5 Å². The van der Waals surface area contributed by atoms with Crippen LogP contribution in [-0.2, 0) is 4.79 Å². The van der Waals surface area contributed by atoms with Crippen molar-refractivity contribution in [3.05, 3.63) is 67.0 Å². The second-order valence-corrected chi connectivity index (χ2v) is 5.47. The van der Waals surface area contributed by atoms with E-state index < -0.39 is 12.3 Å². The van der Waals surface area contributed by atoms with Crippen LogP contribution in [0.25, 0.3) is 22.6 Å². The molecule has 0 aliphatic carbocycles. The Labute approximate surface area is 151 Å². The van der Waals surface area contributed by atoms with Gasteiger partial charge in [-0.25, -0.2) is 9.67 Å². The number of primary amides is 1. The summed E-state index contributed by atoms with van der Waals surface area (Å²) in [6, 6.07) is 12.0. The topological polar surface area (TPSA) is 83.0 Å². The van der Waals surface area contributed by atoms with Crippen molar-refractivity contribution in [3.8, 4) is 22.8 Å². The number of aromatic nitrogens is 3. The summed E-state index contributed by atoms with van der Waals surface area (Å²) in [4.78, 5) is 15.3. The third-order valence-corrected chi connectivity index (χ3v) is 3.62. The Balaban J connectivity index is 1.78. The minimum atomic E-state index is -4.74. The van der Waals surface area contributed by atoms with E-state index in [1.165, 1.54) is 35.3 Å². The fraction of sp³-hybridized carbons (Fsp3) is 0.0556. The number of alkyl halides is 3. The largest absolute Gasteiger partial charge is 0.573 e. The standard InChI is InChI=1S/C18H13F3N4O2/c1-11(16(22)26)12-2-4-13(5-3-12)17-23-10-25(24-17)14-6-8-15(9-7-14)27-18(19,20)21/h2-10H,1H2,(H2,22,26). The molecular formula is C18H13F3N4O2. The highest BCUT2D eigenvalue weighted by atomic mass is 19.4. The van der Waals surface area contributed by atoms with E-state index in [4.69, 9.17) is 5.73 Å². The Hall–Kier alpha value is -3.62. The SMILES string of the molecule is C=C(C(N)=O)c1ccc(-c2ncn(-c3ccc(OC(F)(F)F)cc3)n2)cc1. The molecule has 3 aromatic rings. The van der Waals surface area contributed by atoms with Gasteiger partial charge in [0, 0.05) is 11.1 Å². The first kappa shape index (κ1) is 18.2. The van der Waals surface area contributed by atoms with Crippen LogP contribution in [0.4, 0.5) is 13.2 Å². The summed E-state index contributed by atoms with van der Waals surface area (Å²) < 4.78 is 41.8. The number of nitrogens with two attached hydrogens (primary N) is 1. The average molecular weight is 374 g/mol. The Bertz CT molecular complexity index is 977. The lowest BCUT2D eigenvalue weighted by Crippen LogP contribution is -2.17. The normalized spacial score (nSPS) is 11.2. The van der Waals surface area contributed by atoms with Gasteiger partial charge in [0.1, 0.15) is 12.1 Å². The Morgan fingerprint density at radius 1 is 1.07 bits per heavy atom. The lowest BCUT2D eigenvalue weighted by molar-refractivity contribution is -0.274. The summed E-state index contributed by atoms with van der Waals surface area (Å²) in [5.41, 5.74) is 7.18. The van der Waals surface area contributed by atoms with Crippen molar-refractivity contribution in [2.45, 2.75) is 6.36 Å². The summed E-state index contributed by atoms with van der Waals surface area (Å²) in [6.07, 6.45) is -3.31. The number of nitrogens with zero attached hydrogens (tertiary/aromatic N) is 3. The van der Waals surface area contributed by atoms with Crippen molar-refractivity contribution in [3.63, 3.8) is 0 Å². The summed E-state index contributed by atoms with van der Waals surface area (Å²) >= 11 is 0. The maximum atomic E-state index is 12.2. The predicted octanol–water partition coefficient (Wildman–Crippen LogP) is 3.33. The molecule has 2 aromatic carbocycles. The van der Waals surface area contributed by atoms with Gasteiger partial charge in [-0.05, 0) is 29.8 Å². The minimum absolute atomic E-state index is 0.196. The van der Waals surface area contributed by atoms with Crippen LogP contribution in [-0.4, -0.2) is 27.0 Å². The molecular weight excluding hydrogens is 361 g/mol. The monoisotopic (exact) mass is 374 g/mol. The summed E-state index contributed by atoms with van der Waals surface area (Å²) in [5, 5.41) is 4.29. The molecule has 0 unspecified atom stereocenters. The van der Waals surface area contributed by atoms with Gasteiger partial charge in [-0.3, -0.25) is 4.79 Å². The first-order valence-electron chi connectivity index (χ1n) is 7.60. The number of amides is 1. The second-order valence-electron chi connectivity index (χ2n) is 5.47. The number of halogens is 3. The second kappa shape index (κ2) is 6.94. The fourth-order valence-electron chi connectivity index (χ4n) is 2.28. The highest BCUT2D eigenvalue weighted by Crippen LogP contribution is 2.24. The van der Waals surface area contributed by atoms with Gasteiger partial charge in [-0.1, -0.05) is 30.8 Å². The molecule has 1 heterocycles. The molecule has 0 aliphatic rings. The molecule has 0 atom stereocenters. The first-order valence-corrected chi connectivity index (χ1v) is 7.60. The van der Waals surface area contributed by atoms with Crippen LogP contribution in [0.3, 0.4) is 0 Å². The third kappa shape index (κ3) is 4.32. The summed E-state index contributed by atoms with van der Waals surface area (Å²) in [7, 11) is 0. The molecule has 138 valence electrons. The molecule has 27 heavy (non-hydrogen) atoms. The number of hydrogen-bond donors (Lipinski definition) is 1. The van der Waals surface area contributed by atoms with E-state index in [2.05, 4.69) is 21.4 Å². The predicted molar refractivity (Wildman–Crippen MR) is 91.7 cm³/mol. The molecule has 0 fully saturated rings. The van der Waals surface area contributed by atoms with E-state index in [1.807, 2.05) is 0 Å². The quantitative estimate of drug-likeness (QED) is 0.695. The first-order chi connectivity index (χ1) is 12.7. The Morgan fingerprint density at radius 2 is 1.70 bits per heavy atom. The van der Waals surface area contributed by atoms with Gasteiger partial charge in [0.15, 0.2) is 5.82 Å². The molecule has 9 heteroatoms. The lowest BCUT2D eigenvalue weighted by atomic mass is 10.0. The van der Waals surface area contributed by atoms with E-state index in [-0.39, 0.29) is 11.3 Å². The van der Waals surface area contributed by atoms with Crippen molar-refractivity contribution >= 4 is 11.5 Å². The van der Waals surface area contributed by atoms with Crippen molar-refractivity contribution in [1.82, 2.24) is 14.8 Å². The van der Waals surface area contributed by atoms with E-state index in [1.54, 1.807) is 24.3 Å². The molecule has 3 rings (SSSR count). The smallest absolute Gasteiger partial charge is 0.406 e. The van der Waals surface area contributed by atoms with E-state index in [9.17, 15) is 18.0 Å². The molecule has 6 nitrogen and oxygen atoms in total. The number of ether oxygens (including phenoxy) is 1. The maximum absolute atomic E-state index is 12.2. The zero-order chi connectivity index (χ0) is 19.6. The summed E-state index contributed by atoms with van der Waals surface area (Å²) in [6.45, 7) is 3.61. The highest BCUT2D eigenvalue weighted by Gasteiger charge is 2.31. The van der Waals surface area contributed by atoms with Crippen LogP contribution in [0.5, 0.6) is 5.75 Å². The van der Waals surface area contributed by atoms with Crippen molar-refractivity contribution < 1.29 is 22.7 Å². The lowest BCUT2D eigenvalue weighted by Gasteiger charge is -2.09. The van der Waals surface area contributed by atoms with Gasteiger partial charge >= 0.3 is 6.36 Å². The Morgan fingerprint density at radius 3 is 2.26 bits per heavy atom. The molecule has 0 radical (unpaired) electrons. The highest BCUT2D eigenvalue weighted by molar-refractivity contribution is 6.17. The van der Waals surface area contributed by atoms with Gasteiger partial charge in [0.2, 0.25) is 5.91 Å².